The van der Waals surface area contributed by atoms with Gasteiger partial charge in [-0.3, -0.25) is 13.7 Å². The molecule has 0 aliphatic rings. The van der Waals surface area contributed by atoms with Crippen LogP contribution in [-0.4, -0.2) is 38.9 Å². The maximum absolute atomic E-state index is 11.3. The quantitative estimate of drug-likeness (QED) is 0.650. The van der Waals surface area contributed by atoms with Gasteiger partial charge in [0.25, 0.3) is 30.4 Å². The Labute approximate surface area is 125 Å². The molecule has 22 heavy (non-hydrogen) atoms. The van der Waals surface area contributed by atoms with Crippen molar-refractivity contribution in [3.05, 3.63) is 30.3 Å². The van der Waals surface area contributed by atoms with Gasteiger partial charge in [-0.2, -0.15) is 25.3 Å². The number of fused-ring (bicyclic) bond motifs is 1. The van der Waals surface area contributed by atoms with E-state index in [1.54, 1.807) is 0 Å². The molecular formula is C10H7O9S3. The van der Waals surface area contributed by atoms with E-state index in [0.29, 0.717) is 12.1 Å². The molecule has 0 spiro atoms. The third-order valence-corrected chi connectivity index (χ3v) is 5.28. The molecule has 3 N–H and O–H groups in total. The summed E-state index contributed by atoms with van der Waals surface area (Å²) in [7, 11) is -14.7. The highest BCUT2D eigenvalue weighted by Crippen LogP contribution is 2.31. The Morgan fingerprint density at radius 2 is 1.32 bits per heavy atom. The lowest BCUT2D eigenvalue weighted by Crippen LogP contribution is -2.06. The minimum Gasteiger partial charge on any atom is -0.282 e. The topological polar surface area (TPSA) is 163 Å². The van der Waals surface area contributed by atoms with Crippen LogP contribution in [0.4, 0.5) is 0 Å². The van der Waals surface area contributed by atoms with Gasteiger partial charge in [-0.05, 0) is 24.3 Å². The van der Waals surface area contributed by atoms with E-state index in [1.807, 2.05) is 0 Å². The van der Waals surface area contributed by atoms with Crippen molar-refractivity contribution in [3.63, 3.8) is 0 Å². The van der Waals surface area contributed by atoms with E-state index in [4.69, 9.17) is 13.7 Å². The van der Waals surface area contributed by atoms with Crippen molar-refractivity contribution in [2.75, 3.05) is 0 Å². The smallest absolute Gasteiger partial charge is 0.282 e. The zero-order chi connectivity index (χ0) is 16.9. The Hall–Kier alpha value is -1.57. The summed E-state index contributed by atoms with van der Waals surface area (Å²) in [4.78, 5) is -2.77. The molecule has 2 rings (SSSR count). The van der Waals surface area contributed by atoms with Crippen LogP contribution < -0.4 is 0 Å². The van der Waals surface area contributed by atoms with Crippen LogP contribution >= 0.6 is 0 Å². The molecule has 1 radical (unpaired) electrons. The maximum Gasteiger partial charge on any atom is 0.295 e. The summed E-state index contributed by atoms with van der Waals surface area (Å²) in [5, 5.41) is -1.02. The van der Waals surface area contributed by atoms with Crippen LogP contribution in [0.3, 0.4) is 0 Å². The monoisotopic (exact) mass is 367 g/mol. The molecule has 0 aliphatic heterocycles. The van der Waals surface area contributed by atoms with Crippen molar-refractivity contribution in [1.82, 2.24) is 0 Å². The molecule has 119 valence electrons. The molecule has 2 aromatic carbocycles. The Balaban J connectivity index is 3.17. The Bertz CT molecular complexity index is 1080. The maximum atomic E-state index is 11.3. The van der Waals surface area contributed by atoms with Gasteiger partial charge in [-0.15, -0.1) is 0 Å². The molecule has 0 heterocycles. The summed E-state index contributed by atoms with van der Waals surface area (Å²) in [5.74, 6) is 0. The van der Waals surface area contributed by atoms with E-state index in [-0.39, 0.29) is 0 Å². The summed E-state index contributed by atoms with van der Waals surface area (Å²) < 4.78 is 94.8. The molecule has 0 amide bonds. The van der Waals surface area contributed by atoms with Crippen molar-refractivity contribution in [3.8, 4) is 0 Å². The van der Waals surface area contributed by atoms with Gasteiger partial charge in [-0.25, -0.2) is 0 Å². The minimum atomic E-state index is -4.96. The third-order valence-electron chi connectivity index (χ3n) is 2.66. The molecule has 0 saturated carbocycles. The van der Waals surface area contributed by atoms with Crippen molar-refractivity contribution in [2.24, 2.45) is 0 Å². The Morgan fingerprint density at radius 3 is 1.77 bits per heavy atom. The van der Waals surface area contributed by atoms with Crippen molar-refractivity contribution >= 4 is 41.1 Å². The van der Waals surface area contributed by atoms with Gasteiger partial charge in [0, 0.05) is 10.8 Å². The highest BCUT2D eigenvalue weighted by Gasteiger charge is 2.24. The first kappa shape index (κ1) is 16.8. The van der Waals surface area contributed by atoms with Crippen LogP contribution in [0, 0.1) is 6.07 Å². The third kappa shape index (κ3) is 3.11. The second kappa shape index (κ2) is 4.97. The van der Waals surface area contributed by atoms with E-state index in [2.05, 4.69) is 6.07 Å². The molecule has 0 aliphatic carbocycles. The van der Waals surface area contributed by atoms with Crippen molar-refractivity contribution in [2.45, 2.75) is 14.7 Å². The highest BCUT2D eigenvalue weighted by molar-refractivity contribution is 7.87. The summed E-state index contributed by atoms with van der Waals surface area (Å²) in [5.41, 5.74) is 0. The second-order valence-electron chi connectivity index (χ2n) is 4.11. The number of hydrogen-bond donors (Lipinski definition) is 3. The van der Waals surface area contributed by atoms with Crippen LogP contribution in [0.2, 0.25) is 0 Å². The van der Waals surface area contributed by atoms with Crippen LogP contribution in [-0.2, 0) is 30.4 Å². The molecule has 0 unspecified atom stereocenters. The zero-order valence-corrected chi connectivity index (χ0v) is 12.8. The average Bonchev–Trinajstić information content (AvgIpc) is 2.33. The molecule has 0 fully saturated rings. The number of rotatable bonds is 3. The second-order valence-corrected chi connectivity index (χ2v) is 8.31. The van der Waals surface area contributed by atoms with Gasteiger partial charge in [0.15, 0.2) is 0 Å². The molecule has 2 aromatic rings. The normalized spacial score (nSPS) is 13.4. The van der Waals surface area contributed by atoms with Crippen molar-refractivity contribution in [1.29, 1.82) is 0 Å². The molecular weight excluding hydrogens is 360 g/mol. The van der Waals surface area contributed by atoms with E-state index in [1.165, 1.54) is 0 Å². The van der Waals surface area contributed by atoms with Crippen LogP contribution in [0.25, 0.3) is 10.8 Å². The standard InChI is InChI=1S/C10H7O9S3/c11-20(12,13)6-4-8-7(10(5-6)22(17,18)19)2-1-3-9(8)21(14,15)16/h1,3-5H,(H,11,12,13)(H,14,15,16)(H,17,18,19). The first-order chi connectivity index (χ1) is 9.82. The summed E-state index contributed by atoms with van der Waals surface area (Å²) in [6.45, 7) is 0. The lowest BCUT2D eigenvalue weighted by molar-refractivity contribution is 0.478. The van der Waals surface area contributed by atoms with E-state index in [9.17, 15) is 25.3 Å². The van der Waals surface area contributed by atoms with E-state index in [0.717, 1.165) is 12.1 Å². The molecule has 0 saturated heterocycles. The Kier molecular flexibility index (Phi) is 3.80. The lowest BCUT2D eigenvalue weighted by atomic mass is 10.1. The average molecular weight is 367 g/mol. The minimum absolute atomic E-state index is 0.442. The predicted molar refractivity (Wildman–Crippen MR) is 72.2 cm³/mol. The highest BCUT2D eigenvalue weighted by atomic mass is 32.2. The van der Waals surface area contributed by atoms with Crippen molar-refractivity contribution < 1.29 is 38.9 Å². The molecule has 9 nitrogen and oxygen atoms in total. The molecule has 0 aromatic heterocycles. The van der Waals surface area contributed by atoms with Crippen LogP contribution in [0.15, 0.2) is 39.0 Å². The summed E-state index contributed by atoms with van der Waals surface area (Å²) >= 11 is 0. The fourth-order valence-electron chi connectivity index (χ4n) is 1.80. The molecule has 0 bridgehead atoms. The first-order valence-electron chi connectivity index (χ1n) is 5.23. The fourth-order valence-corrected chi connectivity index (χ4v) is 3.79. The molecule has 12 heteroatoms. The number of benzene rings is 2. The first-order valence-corrected chi connectivity index (χ1v) is 9.55. The lowest BCUT2D eigenvalue weighted by Gasteiger charge is -2.09. The van der Waals surface area contributed by atoms with Gasteiger partial charge < -0.3 is 0 Å². The zero-order valence-electron chi connectivity index (χ0n) is 10.3. The van der Waals surface area contributed by atoms with E-state index < -0.39 is 55.8 Å². The largest absolute Gasteiger partial charge is 0.295 e. The van der Waals surface area contributed by atoms with Gasteiger partial charge in [0.05, 0.1) is 4.90 Å². The molecule has 0 atom stereocenters. The fraction of sp³-hybridized carbons (Fsp3) is 0. The Morgan fingerprint density at radius 1 is 0.773 bits per heavy atom. The summed E-state index contributed by atoms with van der Waals surface area (Å²) in [6.07, 6.45) is 0. The predicted octanol–water partition coefficient (Wildman–Crippen LogP) is 0.380. The van der Waals surface area contributed by atoms with E-state index >= 15 is 0 Å². The van der Waals surface area contributed by atoms with Gasteiger partial charge >= 0.3 is 0 Å². The van der Waals surface area contributed by atoms with Gasteiger partial charge in [0.1, 0.15) is 9.79 Å². The van der Waals surface area contributed by atoms with Crippen LogP contribution in [0.5, 0.6) is 0 Å². The SMILES string of the molecule is O=S(=O)(O)c1cc(S(=O)(=O)O)c2[c]ccc(S(=O)(=O)O)c2c1. The van der Waals surface area contributed by atoms with Gasteiger partial charge in [-0.1, -0.05) is 6.07 Å². The number of hydrogen-bond acceptors (Lipinski definition) is 6. The van der Waals surface area contributed by atoms with Crippen LogP contribution in [0.1, 0.15) is 0 Å². The van der Waals surface area contributed by atoms with Gasteiger partial charge in [0.2, 0.25) is 0 Å². The summed E-state index contributed by atoms with van der Waals surface area (Å²) in [6, 6.07) is 5.22.